The van der Waals surface area contributed by atoms with E-state index in [-0.39, 0.29) is 33.4 Å². The van der Waals surface area contributed by atoms with E-state index in [1.807, 2.05) is 66.4 Å². The Hall–Kier alpha value is -6.20. The molecule has 4 saturated carbocycles. The average molecular weight is 1020 g/mol. The fraction of sp³-hybridized carbons (Fsp3) is 0.500. The Morgan fingerprint density at radius 3 is 2.45 bits per heavy atom. The van der Waals surface area contributed by atoms with E-state index in [1.165, 1.54) is 17.5 Å². The van der Waals surface area contributed by atoms with Gasteiger partial charge < -0.3 is 45.2 Å². The highest BCUT2D eigenvalue weighted by atomic mass is 32.1. The molecule has 6 aliphatic rings. The van der Waals surface area contributed by atoms with E-state index in [0.717, 1.165) is 75.8 Å². The predicted molar refractivity (Wildman–Crippen MR) is 267 cm³/mol. The van der Waals surface area contributed by atoms with Crippen LogP contribution in [0.15, 0.2) is 67.0 Å². The van der Waals surface area contributed by atoms with Crippen molar-refractivity contribution in [1.29, 1.82) is 0 Å². The van der Waals surface area contributed by atoms with Crippen molar-refractivity contribution in [2.45, 2.75) is 121 Å². The first-order valence-electron chi connectivity index (χ1n) is 24.9. The Balaban J connectivity index is 0.738. The highest BCUT2D eigenvalue weighted by molar-refractivity contribution is 7.22. The summed E-state index contributed by atoms with van der Waals surface area (Å²) in [5.41, 5.74) is 5.73. The molecule has 4 aromatic heterocycles. The van der Waals surface area contributed by atoms with Crippen LogP contribution < -0.4 is 15.5 Å². The number of fused-ring (bicyclic) bond motifs is 2. The number of nitrogens with one attached hydrogen (secondary N) is 2. The summed E-state index contributed by atoms with van der Waals surface area (Å²) in [5.74, 6) is -2.33. The van der Waals surface area contributed by atoms with Crippen molar-refractivity contribution < 1.29 is 49.4 Å². The molecule has 12 rings (SSSR count). The fourth-order valence-corrected chi connectivity index (χ4v) is 14.8. The second-order valence-corrected chi connectivity index (χ2v) is 22.9. The minimum Gasteiger partial charge on any atom is -0.479 e. The number of anilines is 2. The number of aliphatic carboxylic acids is 1. The molecule has 2 unspecified atom stereocenters. The second-order valence-electron chi connectivity index (χ2n) is 21.9. The molecule has 21 heteroatoms. The number of carbonyl (C=O) groups is 3. The first-order valence-corrected chi connectivity index (χ1v) is 25.7. The third-order valence-corrected chi connectivity index (χ3v) is 16.8. The van der Waals surface area contributed by atoms with E-state index >= 15 is 0 Å². The molecule has 5 fully saturated rings. The van der Waals surface area contributed by atoms with Crippen molar-refractivity contribution in [3.05, 3.63) is 101 Å². The van der Waals surface area contributed by atoms with Gasteiger partial charge in [0.2, 0.25) is 0 Å². The average Bonchev–Trinajstić information content (AvgIpc) is 4.08. The Kier molecular flexibility index (Phi) is 12.5. The topological polar surface area (TPSA) is 272 Å². The maximum absolute atomic E-state index is 13.7. The van der Waals surface area contributed by atoms with Gasteiger partial charge in [-0.3, -0.25) is 14.8 Å². The molecule has 1 amide bonds. The highest BCUT2D eigenvalue weighted by Crippen LogP contribution is 2.72. The van der Waals surface area contributed by atoms with Gasteiger partial charge in [0.25, 0.3) is 5.91 Å². The standard InChI is InChI=1S/C52H60N10O10S/c1-29-34(32-11-12-38(56-39(32)46(67)68)60-17-14-30-7-6-8-33(35(30)21-60)44(66)57-48-55-36-9-4-5-10-37(36)73-48)19-54-62(29)28-51-23-49(2)22-50(3,24-51)26-52(25-49,27-51)71-18-16-53-15-13-31-20-61(59-58-31)45-42(65)40(63)41(64)43(72-45)47(69)70/h4-12,19-20,40-43,45,53,63-65H,13-18,21-28H2,1-3H3,(H,67,68)(H,69,70)(H,55,57,66)/t40-,41-,42+,43-,45+,49?,50?,51?,52?/m0/s1. The number of aliphatic hydroxyl groups is 3. The lowest BCUT2D eigenvalue weighted by molar-refractivity contribution is -0.249. The number of carbonyl (C=O) groups excluding carboxylic acids is 1. The largest absolute Gasteiger partial charge is 0.479 e. The number of benzene rings is 2. The number of aromatic carboxylic acids is 1. The Morgan fingerprint density at radius 1 is 0.890 bits per heavy atom. The number of ether oxygens (including phenoxy) is 2. The summed E-state index contributed by atoms with van der Waals surface area (Å²) in [6.45, 7) is 10.1. The van der Waals surface area contributed by atoms with Crippen LogP contribution in [0.5, 0.6) is 0 Å². The van der Waals surface area contributed by atoms with Gasteiger partial charge in [-0.1, -0.05) is 54.7 Å². The number of aliphatic hydroxyl groups excluding tert-OH is 3. The Bertz CT molecular complexity index is 3070. The SMILES string of the molecule is Cc1c(-c2ccc(N3CCc4cccc(C(=O)Nc5nc6ccccc6s5)c4C3)nc2C(=O)O)cnn1CC12CC3(C)CC(C)(C1)CC(OCCNCCc1cn([C@@H]4O[C@H](C(=O)O)[C@@H](O)[C@H](O)[C@H]4O)nn1)(C3)C2. The van der Waals surface area contributed by atoms with Gasteiger partial charge in [-0.05, 0) is 110 Å². The quantitative estimate of drug-likeness (QED) is 0.0629. The van der Waals surface area contributed by atoms with Gasteiger partial charge in [0.1, 0.15) is 24.1 Å². The molecule has 6 heterocycles. The number of amides is 1. The third-order valence-electron chi connectivity index (χ3n) is 15.9. The monoisotopic (exact) mass is 1020 g/mol. The summed E-state index contributed by atoms with van der Waals surface area (Å²) in [4.78, 5) is 49.7. The second kappa shape index (κ2) is 18.6. The van der Waals surface area contributed by atoms with Crippen molar-refractivity contribution in [1.82, 2.24) is 40.1 Å². The van der Waals surface area contributed by atoms with Gasteiger partial charge in [-0.25, -0.2) is 24.2 Å². The number of pyridine rings is 1. The van der Waals surface area contributed by atoms with Crippen molar-refractivity contribution in [2.24, 2.45) is 16.2 Å². The lowest BCUT2D eigenvalue weighted by atomic mass is 9.39. The van der Waals surface area contributed by atoms with Gasteiger partial charge in [0.05, 0.1) is 40.5 Å². The van der Waals surface area contributed by atoms with Crippen LogP contribution in [0.4, 0.5) is 10.9 Å². The minimum absolute atomic E-state index is 0.0539. The molecule has 7 atom stereocenters. The van der Waals surface area contributed by atoms with Crippen LogP contribution >= 0.6 is 11.3 Å². The molecule has 0 spiro atoms. The number of hydrogen-bond acceptors (Lipinski definition) is 16. The van der Waals surface area contributed by atoms with Gasteiger partial charge in [-0.15, -0.1) is 5.10 Å². The maximum Gasteiger partial charge on any atom is 0.355 e. The van der Waals surface area contributed by atoms with E-state index in [2.05, 4.69) is 44.5 Å². The van der Waals surface area contributed by atoms with E-state index in [4.69, 9.17) is 19.6 Å². The summed E-state index contributed by atoms with van der Waals surface area (Å²) in [6, 6.07) is 17.2. The molecule has 384 valence electrons. The molecular formula is C52H60N10O10S. The van der Waals surface area contributed by atoms with Crippen molar-refractivity contribution in [3.8, 4) is 11.1 Å². The van der Waals surface area contributed by atoms with Crippen LogP contribution in [0, 0.1) is 23.2 Å². The Labute approximate surface area is 424 Å². The number of nitrogens with zero attached hydrogens (tertiary/aromatic N) is 8. The molecule has 0 radical (unpaired) electrons. The maximum atomic E-state index is 13.7. The molecule has 7 N–H and O–H groups in total. The van der Waals surface area contributed by atoms with E-state index in [1.54, 1.807) is 6.20 Å². The van der Waals surface area contributed by atoms with E-state index in [0.29, 0.717) is 79.9 Å². The van der Waals surface area contributed by atoms with Crippen molar-refractivity contribution in [3.63, 3.8) is 0 Å². The van der Waals surface area contributed by atoms with Crippen LogP contribution in [0.1, 0.15) is 102 Å². The van der Waals surface area contributed by atoms with Crippen LogP contribution in [0.3, 0.4) is 0 Å². The van der Waals surface area contributed by atoms with Gasteiger partial charge >= 0.3 is 11.9 Å². The number of rotatable bonds is 16. The molecular weight excluding hydrogens is 957 g/mol. The zero-order valence-corrected chi connectivity index (χ0v) is 41.7. The van der Waals surface area contributed by atoms with Crippen LogP contribution in [-0.2, 0) is 40.2 Å². The number of para-hydroxylation sites is 1. The van der Waals surface area contributed by atoms with Gasteiger partial charge in [0.15, 0.2) is 23.2 Å². The summed E-state index contributed by atoms with van der Waals surface area (Å²) >= 11 is 1.42. The summed E-state index contributed by atoms with van der Waals surface area (Å²) in [6.07, 6.45) is 2.31. The number of carboxylic acid groups (broad SMARTS) is 2. The molecule has 2 aliphatic heterocycles. The lowest BCUT2D eigenvalue weighted by Gasteiger charge is -2.69. The first kappa shape index (κ1) is 49.0. The molecule has 73 heavy (non-hydrogen) atoms. The first-order chi connectivity index (χ1) is 34.9. The molecule has 6 aromatic rings. The summed E-state index contributed by atoms with van der Waals surface area (Å²) in [7, 11) is 0. The van der Waals surface area contributed by atoms with Crippen LogP contribution in [0.25, 0.3) is 21.3 Å². The highest BCUT2D eigenvalue weighted by Gasteiger charge is 2.66. The summed E-state index contributed by atoms with van der Waals surface area (Å²) in [5, 5.41) is 70.8. The number of carboxylic acids is 2. The molecule has 20 nitrogen and oxygen atoms in total. The lowest BCUT2D eigenvalue weighted by Crippen LogP contribution is -2.64. The Morgan fingerprint density at radius 2 is 1.68 bits per heavy atom. The number of hydrogen-bond donors (Lipinski definition) is 7. The predicted octanol–water partition coefficient (Wildman–Crippen LogP) is 5.00. The summed E-state index contributed by atoms with van der Waals surface area (Å²) < 4.78 is 16.5. The molecule has 2 aromatic carbocycles. The molecule has 1 saturated heterocycles. The van der Waals surface area contributed by atoms with E-state index < -0.39 is 42.6 Å². The van der Waals surface area contributed by atoms with E-state index in [9.17, 15) is 39.9 Å². The van der Waals surface area contributed by atoms with Crippen molar-refractivity contribution in [2.75, 3.05) is 36.5 Å². The number of thiazole rings is 1. The van der Waals surface area contributed by atoms with Gasteiger partial charge in [-0.2, -0.15) is 5.10 Å². The van der Waals surface area contributed by atoms with Crippen molar-refractivity contribution >= 4 is 50.3 Å². The van der Waals surface area contributed by atoms with Gasteiger partial charge in [0, 0.05) is 61.5 Å². The molecule has 4 aliphatic carbocycles. The minimum atomic E-state index is -1.80. The normalized spacial score (nSPS) is 29.4. The van der Waals surface area contributed by atoms with Crippen LogP contribution in [0.2, 0.25) is 0 Å². The molecule has 4 bridgehead atoms. The smallest absolute Gasteiger partial charge is 0.355 e. The van der Waals surface area contributed by atoms with Crippen LogP contribution in [-0.4, -0.2) is 134 Å². The fourth-order valence-electron chi connectivity index (χ4n) is 13.9. The third kappa shape index (κ3) is 9.29. The zero-order chi connectivity index (χ0) is 51.0. The zero-order valence-electron chi connectivity index (χ0n) is 40.9. The number of aromatic nitrogens is 7.